The van der Waals surface area contributed by atoms with Crippen molar-refractivity contribution in [3.05, 3.63) is 62.9 Å². The molecule has 4 aromatic heterocycles. The lowest BCUT2D eigenvalue weighted by Crippen LogP contribution is -2.40. The number of alkyl halides is 2. The third kappa shape index (κ3) is 4.86. The number of anilines is 2. The molecular formula is C23H24F2N8O4. The lowest BCUT2D eigenvalue weighted by molar-refractivity contribution is -0.116. The standard InChI is InChI=1S/C23H24F2N8O4/c1-14-10-15(29-37-14)11-33-21(35)19-20(30(2)22(33)36)26-13-32(19)12-18(34)28-16-4-3-5-17(27-16)31-8-6-23(24,25)7-9-31/h3-5,10,13H,6-9,11-12H2,1-2H3,(H,27,28,34). The number of hydrogen-bond acceptors (Lipinski definition) is 8. The average molecular weight is 514 g/mol. The number of hydrogen-bond donors (Lipinski definition) is 1. The van der Waals surface area contributed by atoms with Crippen LogP contribution in [0.2, 0.25) is 0 Å². The maximum Gasteiger partial charge on any atom is 0.332 e. The molecule has 14 heteroatoms. The highest BCUT2D eigenvalue weighted by molar-refractivity contribution is 5.90. The Kier molecular flexibility index (Phi) is 6.09. The second kappa shape index (κ2) is 9.26. The van der Waals surface area contributed by atoms with Crippen LogP contribution in [0, 0.1) is 6.92 Å². The zero-order valence-corrected chi connectivity index (χ0v) is 20.1. The minimum Gasteiger partial charge on any atom is -0.361 e. The molecule has 5 rings (SSSR count). The monoisotopic (exact) mass is 514 g/mol. The maximum absolute atomic E-state index is 13.5. The molecule has 4 aromatic rings. The minimum atomic E-state index is -2.67. The molecular weight excluding hydrogens is 490 g/mol. The van der Waals surface area contributed by atoms with Crippen LogP contribution in [0.5, 0.6) is 0 Å². The number of fused-ring (bicyclic) bond motifs is 1. The lowest BCUT2D eigenvalue weighted by atomic mass is 10.1. The summed E-state index contributed by atoms with van der Waals surface area (Å²) in [6.45, 7) is 1.66. The number of amides is 1. The first-order chi connectivity index (χ1) is 17.6. The quantitative estimate of drug-likeness (QED) is 0.410. The highest BCUT2D eigenvalue weighted by atomic mass is 19.3. The third-order valence-corrected chi connectivity index (χ3v) is 6.23. The molecule has 1 aliphatic heterocycles. The van der Waals surface area contributed by atoms with E-state index in [2.05, 4.69) is 20.4 Å². The normalized spacial score (nSPS) is 15.3. The molecule has 0 atom stereocenters. The van der Waals surface area contributed by atoms with Gasteiger partial charge in [0.25, 0.3) is 11.5 Å². The van der Waals surface area contributed by atoms with Gasteiger partial charge in [-0.3, -0.25) is 18.7 Å². The molecule has 0 bridgehead atoms. The fraction of sp³-hybridized carbons (Fsp3) is 0.391. The number of nitrogens with zero attached hydrogens (tertiary/aromatic N) is 7. The Balaban J connectivity index is 1.37. The van der Waals surface area contributed by atoms with Crippen LogP contribution in [-0.2, 0) is 24.9 Å². The van der Waals surface area contributed by atoms with Gasteiger partial charge in [0.2, 0.25) is 5.91 Å². The van der Waals surface area contributed by atoms with Crippen molar-refractivity contribution < 1.29 is 18.1 Å². The van der Waals surface area contributed by atoms with E-state index < -0.39 is 23.1 Å². The molecule has 0 spiro atoms. The molecule has 12 nitrogen and oxygen atoms in total. The van der Waals surface area contributed by atoms with Gasteiger partial charge in [0.15, 0.2) is 11.2 Å². The van der Waals surface area contributed by atoms with E-state index in [0.29, 0.717) is 17.3 Å². The molecule has 0 radical (unpaired) electrons. The molecule has 0 unspecified atom stereocenters. The van der Waals surface area contributed by atoms with Crippen molar-refractivity contribution >= 4 is 28.7 Å². The summed E-state index contributed by atoms with van der Waals surface area (Å²) in [6, 6.07) is 6.58. The van der Waals surface area contributed by atoms with Crippen molar-refractivity contribution in [3.63, 3.8) is 0 Å². The molecule has 1 N–H and O–H groups in total. The lowest BCUT2D eigenvalue weighted by Gasteiger charge is -2.32. The van der Waals surface area contributed by atoms with Gasteiger partial charge in [-0.15, -0.1) is 0 Å². The second-order valence-electron chi connectivity index (χ2n) is 8.98. The number of piperidine rings is 1. The molecule has 5 heterocycles. The highest BCUT2D eigenvalue weighted by Gasteiger charge is 2.34. The van der Waals surface area contributed by atoms with E-state index in [0.717, 1.165) is 4.57 Å². The van der Waals surface area contributed by atoms with E-state index in [1.165, 1.54) is 22.5 Å². The SMILES string of the molecule is Cc1cc(Cn2c(=O)c3c(ncn3CC(=O)Nc3cccc(N4CCC(F)(F)CC4)n3)n(C)c2=O)no1. The predicted molar refractivity (Wildman–Crippen MR) is 129 cm³/mol. The molecule has 0 aromatic carbocycles. The zero-order chi connectivity index (χ0) is 26.3. The third-order valence-electron chi connectivity index (χ3n) is 6.23. The molecule has 1 amide bonds. The van der Waals surface area contributed by atoms with E-state index in [4.69, 9.17) is 4.52 Å². The largest absolute Gasteiger partial charge is 0.361 e. The van der Waals surface area contributed by atoms with Crippen LogP contribution >= 0.6 is 0 Å². The van der Waals surface area contributed by atoms with Gasteiger partial charge >= 0.3 is 5.69 Å². The molecule has 0 aliphatic carbocycles. The van der Waals surface area contributed by atoms with E-state index in [-0.39, 0.29) is 56.0 Å². The first kappa shape index (κ1) is 24.3. The molecule has 1 saturated heterocycles. The Hall–Kier alpha value is -4.36. The number of rotatable bonds is 6. The number of pyridine rings is 1. The van der Waals surface area contributed by atoms with Crippen LogP contribution in [-0.4, -0.2) is 53.7 Å². The van der Waals surface area contributed by atoms with Crippen LogP contribution in [0.1, 0.15) is 24.3 Å². The van der Waals surface area contributed by atoms with Gasteiger partial charge in [0.1, 0.15) is 29.6 Å². The van der Waals surface area contributed by atoms with Crippen LogP contribution in [0.15, 0.2) is 44.7 Å². The van der Waals surface area contributed by atoms with Crippen molar-refractivity contribution in [2.24, 2.45) is 7.05 Å². The first-order valence-electron chi connectivity index (χ1n) is 11.6. The first-order valence-corrected chi connectivity index (χ1v) is 11.6. The molecule has 0 saturated carbocycles. The van der Waals surface area contributed by atoms with Crippen LogP contribution in [0.3, 0.4) is 0 Å². The molecule has 37 heavy (non-hydrogen) atoms. The summed E-state index contributed by atoms with van der Waals surface area (Å²) in [5.74, 6) is -1.89. The molecule has 1 aliphatic rings. The zero-order valence-electron chi connectivity index (χ0n) is 20.1. The number of imidazole rings is 1. The second-order valence-corrected chi connectivity index (χ2v) is 8.98. The summed E-state index contributed by atoms with van der Waals surface area (Å²) in [7, 11) is 1.48. The van der Waals surface area contributed by atoms with Gasteiger partial charge in [0.05, 0.1) is 12.9 Å². The summed E-state index contributed by atoms with van der Waals surface area (Å²) in [5.41, 5.74) is -0.579. The summed E-state index contributed by atoms with van der Waals surface area (Å²) >= 11 is 0. The molecule has 1 fully saturated rings. The van der Waals surface area contributed by atoms with Crippen molar-refractivity contribution in [3.8, 4) is 0 Å². The Morgan fingerprint density at radius 3 is 2.68 bits per heavy atom. The smallest absolute Gasteiger partial charge is 0.332 e. The van der Waals surface area contributed by atoms with Gasteiger partial charge in [-0.25, -0.2) is 23.5 Å². The fourth-order valence-electron chi connectivity index (χ4n) is 4.30. The Morgan fingerprint density at radius 2 is 1.97 bits per heavy atom. The minimum absolute atomic E-state index is 0.0772. The van der Waals surface area contributed by atoms with Crippen LogP contribution < -0.4 is 21.5 Å². The van der Waals surface area contributed by atoms with Gasteiger partial charge < -0.3 is 19.3 Å². The topological polar surface area (TPSA) is 133 Å². The van der Waals surface area contributed by atoms with Gasteiger partial charge in [-0.05, 0) is 19.1 Å². The number of carbonyl (C=O) groups is 1. The fourth-order valence-corrected chi connectivity index (χ4v) is 4.30. The molecule has 194 valence electrons. The summed E-state index contributed by atoms with van der Waals surface area (Å²) in [5, 5.41) is 6.51. The van der Waals surface area contributed by atoms with E-state index in [9.17, 15) is 23.2 Å². The number of aryl methyl sites for hydroxylation is 2. The summed E-state index contributed by atoms with van der Waals surface area (Å²) < 4.78 is 35.6. The summed E-state index contributed by atoms with van der Waals surface area (Å²) in [6.07, 6.45) is 0.804. The highest BCUT2D eigenvalue weighted by Crippen LogP contribution is 2.30. The number of aromatic nitrogens is 6. The van der Waals surface area contributed by atoms with Crippen molar-refractivity contribution in [2.75, 3.05) is 23.3 Å². The van der Waals surface area contributed by atoms with E-state index in [1.807, 2.05) is 0 Å². The van der Waals surface area contributed by atoms with Crippen LogP contribution in [0.4, 0.5) is 20.4 Å². The Morgan fingerprint density at radius 1 is 1.22 bits per heavy atom. The number of nitrogens with one attached hydrogen (secondary N) is 1. The van der Waals surface area contributed by atoms with E-state index in [1.54, 1.807) is 36.1 Å². The van der Waals surface area contributed by atoms with Gasteiger partial charge in [-0.2, -0.15) is 0 Å². The van der Waals surface area contributed by atoms with Crippen molar-refractivity contribution in [2.45, 2.75) is 38.8 Å². The Labute approximate surface area is 208 Å². The van der Waals surface area contributed by atoms with E-state index >= 15 is 0 Å². The number of halogens is 2. The van der Waals surface area contributed by atoms with Crippen molar-refractivity contribution in [1.82, 2.24) is 28.8 Å². The van der Waals surface area contributed by atoms with Gasteiger partial charge in [0, 0.05) is 39.0 Å². The van der Waals surface area contributed by atoms with Crippen molar-refractivity contribution in [1.29, 1.82) is 0 Å². The number of carbonyl (C=O) groups excluding carboxylic acids is 1. The maximum atomic E-state index is 13.5. The Bertz CT molecular complexity index is 1590. The summed E-state index contributed by atoms with van der Waals surface area (Å²) in [4.78, 5) is 49.1. The van der Waals surface area contributed by atoms with Gasteiger partial charge in [-0.1, -0.05) is 11.2 Å². The predicted octanol–water partition coefficient (Wildman–Crippen LogP) is 1.51. The van der Waals surface area contributed by atoms with Crippen LogP contribution in [0.25, 0.3) is 11.2 Å². The average Bonchev–Trinajstić information content (AvgIpc) is 3.46.